The van der Waals surface area contributed by atoms with Crippen LogP contribution in [0.5, 0.6) is 11.5 Å². The molecule has 1 amide bonds. The second-order valence-electron chi connectivity index (χ2n) is 5.91. The predicted octanol–water partition coefficient (Wildman–Crippen LogP) is 3.92. The first-order valence-corrected chi connectivity index (χ1v) is 9.54. The van der Waals surface area contributed by atoms with Crippen LogP contribution in [0.15, 0.2) is 48.5 Å². The van der Waals surface area contributed by atoms with Crippen LogP contribution in [0.2, 0.25) is 5.02 Å². The summed E-state index contributed by atoms with van der Waals surface area (Å²) in [5.41, 5.74) is 0.806. The number of aliphatic hydroxyl groups is 1. The standard InChI is InChI=1S/C19H20ClNO4.C2H6/c20-15-3-7-17(8-4-15)25-18-9-10-21(11-18)19(23)13-24-16-5-1-14(12-22)2-6-16;1-2/h1-8,18,22H,9-13H2;1-2H3. The molecular formula is C21H26ClNO4. The fourth-order valence-electron chi connectivity index (χ4n) is 2.68. The molecule has 0 aromatic heterocycles. The van der Waals surface area contributed by atoms with Crippen molar-refractivity contribution in [1.29, 1.82) is 0 Å². The Hall–Kier alpha value is -2.24. The van der Waals surface area contributed by atoms with E-state index < -0.39 is 0 Å². The number of carbonyl (C=O) groups is 1. The van der Waals surface area contributed by atoms with Crippen LogP contribution in [0, 0.1) is 0 Å². The lowest BCUT2D eigenvalue weighted by Crippen LogP contribution is -2.34. The van der Waals surface area contributed by atoms with Crippen molar-refractivity contribution < 1.29 is 19.4 Å². The summed E-state index contributed by atoms with van der Waals surface area (Å²) in [4.78, 5) is 14.0. The van der Waals surface area contributed by atoms with Crippen LogP contribution in [0.4, 0.5) is 0 Å². The quantitative estimate of drug-likeness (QED) is 0.810. The number of likely N-dealkylation sites (tertiary alicyclic amines) is 1. The Bertz CT molecular complexity index is 703. The predicted molar refractivity (Wildman–Crippen MR) is 106 cm³/mol. The van der Waals surface area contributed by atoms with Gasteiger partial charge in [-0.25, -0.2) is 0 Å². The zero-order valence-corrected chi connectivity index (χ0v) is 16.5. The van der Waals surface area contributed by atoms with Gasteiger partial charge in [-0.15, -0.1) is 0 Å². The smallest absolute Gasteiger partial charge is 0.260 e. The largest absolute Gasteiger partial charge is 0.489 e. The number of hydrogen-bond acceptors (Lipinski definition) is 4. The van der Waals surface area contributed by atoms with Gasteiger partial charge in [-0.3, -0.25) is 4.79 Å². The molecule has 146 valence electrons. The molecule has 2 aromatic rings. The lowest BCUT2D eigenvalue weighted by Gasteiger charge is -2.17. The first-order valence-electron chi connectivity index (χ1n) is 9.16. The van der Waals surface area contributed by atoms with Gasteiger partial charge >= 0.3 is 0 Å². The summed E-state index contributed by atoms with van der Waals surface area (Å²) in [6.07, 6.45) is 0.772. The summed E-state index contributed by atoms with van der Waals surface area (Å²) in [5, 5.41) is 9.68. The van der Waals surface area contributed by atoms with Gasteiger partial charge in [0.2, 0.25) is 0 Å². The lowest BCUT2D eigenvalue weighted by atomic mass is 10.2. The van der Waals surface area contributed by atoms with E-state index in [1.54, 1.807) is 41.3 Å². The minimum Gasteiger partial charge on any atom is -0.489 e. The fourth-order valence-corrected chi connectivity index (χ4v) is 2.81. The van der Waals surface area contributed by atoms with Gasteiger partial charge in [0.15, 0.2) is 6.61 Å². The van der Waals surface area contributed by atoms with E-state index in [0.717, 1.165) is 17.7 Å². The average molecular weight is 392 g/mol. The number of rotatable bonds is 6. The highest BCUT2D eigenvalue weighted by Gasteiger charge is 2.27. The van der Waals surface area contributed by atoms with Crippen molar-refractivity contribution in [3.8, 4) is 11.5 Å². The number of ether oxygens (including phenoxy) is 2. The molecule has 0 aliphatic carbocycles. The molecule has 0 spiro atoms. The molecule has 1 aliphatic heterocycles. The second-order valence-corrected chi connectivity index (χ2v) is 6.35. The topological polar surface area (TPSA) is 59.0 Å². The third-order valence-electron chi connectivity index (χ3n) is 4.08. The average Bonchev–Trinajstić information content (AvgIpc) is 3.18. The Kier molecular flexibility index (Phi) is 8.43. The lowest BCUT2D eigenvalue weighted by molar-refractivity contribution is -0.132. The van der Waals surface area contributed by atoms with Crippen LogP contribution >= 0.6 is 11.6 Å². The van der Waals surface area contributed by atoms with Crippen molar-refractivity contribution >= 4 is 17.5 Å². The van der Waals surface area contributed by atoms with E-state index >= 15 is 0 Å². The van der Waals surface area contributed by atoms with E-state index in [2.05, 4.69) is 0 Å². The fraction of sp³-hybridized carbons (Fsp3) is 0.381. The molecule has 0 bridgehead atoms. The summed E-state index contributed by atoms with van der Waals surface area (Å²) >= 11 is 5.86. The zero-order chi connectivity index (χ0) is 19.6. The highest BCUT2D eigenvalue weighted by Crippen LogP contribution is 2.21. The Balaban J connectivity index is 0.00000126. The van der Waals surface area contributed by atoms with Crippen molar-refractivity contribution in [1.82, 2.24) is 4.90 Å². The van der Waals surface area contributed by atoms with E-state index in [1.165, 1.54) is 0 Å². The molecule has 3 rings (SSSR count). The van der Waals surface area contributed by atoms with Crippen molar-refractivity contribution in [3.63, 3.8) is 0 Å². The highest BCUT2D eigenvalue weighted by atomic mass is 35.5. The number of nitrogens with zero attached hydrogens (tertiary/aromatic N) is 1. The molecule has 5 nitrogen and oxygen atoms in total. The van der Waals surface area contributed by atoms with Crippen LogP contribution in [-0.2, 0) is 11.4 Å². The molecule has 1 fully saturated rings. The van der Waals surface area contributed by atoms with Crippen molar-refractivity contribution in [3.05, 3.63) is 59.1 Å². The normalized spacial score (nSPS) is 15.7. The number of amides is 1. The van der Waals surface area contributed by atoms with Gasteiger partial charge in [-0.1, -0.05) is 37.6 Å². The van der Waals surface area contributed by atoms with Gasteiger partial charge in [0.05, 0.1) is 13.2 Å². The Labute approximate surface area is 165 Å². The van der Waals surface area contributed by atoms with Gasteiger partial charge in [0, 0.05) is 18.0 Å². The molecular weight excluding hydrogens is 366 g/mol. The number of carbonyl (C=O) groups excluding carboxylic acids is 1. The molecule has 1 aliphatic rings. The highest BCUT2D eigenvalue weighted by molar-refractivity contribution is 6.30. The molecule has 2 aromatic carbocycles. The summed E-state index contributed by atoms with van der Waals surface area (Å²) in [6, 6.07) is 14.2. The van der Waals surface area contributed by atoms with Crippen molar-refractivity contribution in [2.45, 2.75) is 33.0 Å². The molecule has 0 radical (unpaired) electrons. The van der Waals surface area contributed by atoms with Gasteiger partial charge in [-0.2, -0.15) is 0 Å². The molecule has 1 unspecified atom stereocenters. The number of benzene rings is 2. The van der Waals surface area contributed by atoms with Crippen LogP contribution in [0.1, 0.15) is 25.8 Å². The molecule has 1 saturated heterocycles. The van der Waals surface area contributed by atoms with E-state index in [4.69, 9.17) is 26.2 Å². The summed E-state index contributed by atoms with van der Waals surface area (Å²) < 4.78 is 11.4. The van der Waals surface area contributed by atoms with Gasteiger partial charge in [-0.05, 0) is 42.0 Å². The van der Waals surface area contributed by atoms with E-state index in [1.807, 2.05) is 26.0 Å². The Morgan fingerprint density at radius 2 is 1.74 bits per heavy atom. The van der Waals surface area contributed by atoms with E-state index in [9.17, 15) is 4.79 Å². The van der Waals surface area contributed by atoms with Crippen LogP contribution in [-0.4, -0.2) is 41.7 Å². The van der Waals surface area contributed by atoms with Crippen LogP contribution < -0.4 is 9.47 Å². The zero-order valence-electron chi connectivity index (χ0n) is 15.7. The van der Waals surface area contributed by atoms with Crippen molar-refractivity contribution in [2.75, 3.05) is 19.7 Å². The summed E-state index contributed by atoms with van der Waals surface area (Å²) in [6.45, 7) is 5.19. The molecule has 27 heavy (non-hydrogen) atoms. The van der Waals surface area contributed by atoms with Gasteiger partial charge < -0.3 is 19.5 Å². The Morgan fingerprint density at radius 3 is 2.37 bits per heavy atom. The SMILES string of the molecule is CC.O=C(COc1ccc(CO)cc1)N1CCC(Oc2ccc(Cl)cc2)C1. The molecule has 0 saturated carbocycles. The molecule has 6 heteroatoms. The molecule has 1 N–H and O–H groups in total. The van der Waals surface area contributed by atoms with Crippen LogP contribution in [0.3, 0.4) is 0 Å². The third kappa shape index (κ3) is 6.45. The minimum absolute atomic E-state index is 0.00780. The number of hydrogen-bond donors (Lipinski definition) is 1. The van der Waals surface area contributed by atoms with E-state index in [0.29, 0.717) is 23.9 Å². The summed E-state index contributed by atoms with van der Waals surface area (Å²) in [7, 11) is 0. The van der Waals surface area contributed by atoms with E-state index in [-0.39, 0.29) is 25.2 Å². The molecule has 1 heterocycles. The first kappa shape index (κ1) is 21.1. The Morgan fingerprint density at radius 1 is 1.11 bits per heavy atom. The van der Waals surface area contributed by atoms with Crippen LogP contribution in [0.25, 0.3) is 0 Å². The van der Waals surface area contributed by atoms with Gasteiger partial charge in [0.25, 0.3) is 5.91 Å². The summed E-state index contributed by atoms with van der Waals surface area (Å²) in [5.74, 6) is 1.30. The molecule has 1 atom stereocenters. The maximum absolute atomic E-state index is 12.3. The third-order valence-corrected chi connectivity index (χ3v) is 4.33. The van der Waals surface area contributed by atoms with Crippen molar-refractivity contribution in [2.24, 2.45) is 0 Å². The maximum atomic E-state index is 12.3. The number of aliphatic hydroxyl groups excluding tert-OH is 1. The maximum Gasteiger partial charge on any atom is 0.260 e. The second kappa shape index (κ2) is 10.8. The number of halogens is 1. The first-order chi connectivity index (χ1) is 13.1. The minimum atomic E-state index is -0.0616. The van der Waals surface area contributed by atoms with Gasteiger partial charge in [0.1, 0.15) is 17.6 Å². The monoisotopic (exact) mass is 391 g/mol.